The summed E-state index contributed by atoms with van der Waals surface area (Å²) in [5.74, 6) is 1.18. The van der Waals surface area contributed by atoms with Crippen LogP contribution in [0.3, 0.4) is 0 Å². The van der Waals surface area contributed by atoms with Gasteiger partial charge in [0.2, 0.25) is 0 Å². The van der Waals surface area contributed by atoms with Gasteiger partial charge in [0.15, 0.2) is 9.05 Å². The van der Waals surface area contributed by atoms with E-state index in [-0.39, 0.29) is 59.7 Å². The van der Waals surface area contributed by atoms with Crippen molar-refractivity contribution in [1.29, 1.82) is 0 Å². The second kappa shape index (κ2) is 38.7. The van der Waals surface area contributed by atoms with Crippen LogP contribution in [0.25, 0.3) is 42.8 Å². The second-order valence-corrected chi connectivity index (χ2v) is 30.8. The number of rotatable bonds is 14. The van der Waals surface area contributed by atoms with Crippen LogP contribution < -0.4 is 28.3 Å². The Kier molecular flexibility index (Phi) is 29.6. The number of nitrogens with one attached hydrogen (secondary N) is 1. The lowest BCUT2D eigenvalue weighted by Gasteiger charge is -2.23. The fourth-order valence-electron chi connectivity index (χ4n) is 13.2. The van der Waals surface area contributed by atoms with Gasteiger partial charge >= 0.3 is 29.8 Å². The van der Waals surface area contributed by atoms with Crippen LogP contribution in [0.2, 0.25) is 10.0 Å². The van der Waals surface area contributed by atoms with Crippen LogP contribution in [0, 0.1) is 5.92 Å². The number of nitrogens with zero attached hydrogens (tertiary/aromatic N) is 3. The Balaban J connectivity index is 0.000000140. The van der Waals surface area contributed by atoms with Crippen molar-refractivity contribution in [3.8, 4) is 22.4 Å². The Hall–Kier alpha value is -7.79. The van der Waals surface area contributed by atoms with E-state index in [0.29, 0.717) is 127 Å². The van der Waals surface area contributed by atoms with E-state index in [1.54, 1.807) is 79.3 Å². The molecular weight excluding hydrogens is 1710 g/mol. The molecule has 572 valence electrons. The third kappa shape index (κ3) is 20.4. The van der Waals surface area contributed by atoms with E-state index in [0.717, 1.165) is 140 Å². The topological polar surface area (TPSA) is 349 Å². The van der Waals surface area contributed by atoms with Gasteiger partial charge in [0.1, 0.15) is 11.5 Å². The van der Waals surface area contributed by atoms with Gasteiger partial charge < -0.3 is 79.8 Å². The number of carbonyl (C=O) groups excluding carboxylic acids is 5. The average molecular weight is 1800 g/mol. The highest BCUT2D eigenvalue weighted by atomic mass is 127. The first-order valence-corrected chi connectivity index (χ1v) is 38.2. The molecule has 6 atom stereocenters. The zero-order valence-corrected chi connectivity index (χ0v) is 68.2. The largest absolute Gasteiger partial charge is 0.472 e. The van der Waals surface area contributed by atoms with Crippen LogP contribution in [0.5, 0.6) is 0 Å². The quantitative estimate of drug-likeness (QED) is 0.0292. The molecule has 4 saturated heterocycles. The lowest BCUT2D eigenvalue weighted by atomic mass is 9.95. The molecule has 9 N–H and O–H groups in total. The Bertz CT molecular complexity index is 4680. The van der Waals surface area contributed by atoms with Gasteiger partial charge in [-0.05, 0) is 196 Å². The van der Waals surface area contributed by atoms with Crippen molar-refractivity contribution >= 4 is 174 Å². The van der Waals surface area contributed by atoms with E-state index in [1.165, 1.54) is 64.6 Å². The fourth-order valence-corrected chi connectivity index (χ4v) is 16.4. The van der Waals surface area contributed by atoms with Gasteiger partial charge in [0.05, 0.1) is 139 Å². The van der Waals surface area contributed by atoms with Crippen molar-refractivity contribution in [2.24, 2.45) is 5.92 Å². The first-order chi connectivity index (χ1) is 51.7. The average Bonchev–Trinajstić information content (AvgIpc) is 1.63. The molecule has 4 aromatic heterocycles. The maximum absolute atomic E-state index is 11.8. The number of esters is 5. The minimum atomic E-state index is -0.384. The Morgan fingerprint density at radius 1 is 0.574 bits per heavy atom. The van der Waals surface area contributed by atoms with E-state index in [2.05, 4.69) is 66.5 Å². The summed E-state index contributed by atoms with van der Waals surface area (Å²) in [5, 5.41) is 9.55. The number of carbonyl (C=O) groups is 5. The van der Waals surface area contributed by atoms with Crippen LogP contribution in [0.1, 0.15) is 148 Å². The number of thiazole rings is 2. The molecule has 2 aliphatic carbocycles. The van der Waals surface area contributed by atoms with Crippen molar-refractivity contribution in [2.45, 2.75) is 87.4 Å². The second-order valence-electron chi connectivity index (χ2n) is 25.8. The standard InChI is InChI=1S/C19H20Cl2N2O2.C13H12BrNO3S.C13H14N2O3S.C12H15NO3.C12H11NO3.C8H8BrNO2.HI/c20-14-2-1-3-15(21)17(14)18-13(19(25-23-18)10-4-5-10)9-24-16-7-12-6-11(16)8-22-12;2*1-17-12(16)8-4-9(7-2-3-18-6-7)11-10(5-8)19-13(14)15-11;2*1-15-12(14)8-2-3-11(13)10(6-8)9-4-5-16-7-9;1-12-8(11)5-2-3-7(10)6(9)4-5;/h1-3,10-12,16,22H,4-9H2;4-5,7H,2-3,6H2,1H3;4-5,7H,2-3,6H2,1H3,(H2,14,15);2-3,6,9H,4-5,7,13H2,1H3;2-7H,13H2,1H3;2-4H,10H2,1H3;1H/t11-,12-,16+;;;;;;/m0....../s1. The Labute approximate surface area is 675 Å². The number of fused-ring (bicyclic) bond motifs is 4. The number of ether oxygens (including phenoxy) is 9. The molecule has 16 rings (SSSR count). The molecule has 10 aromatic rings. The highest BCUT2D eigenvalue weighted by Gasteiger charge is 2.41. The fraction of sp³-hybridized carbons (Fsp3) is 0.351. The van der Waals surface area contributed by atoms with Gasteiger partial charge in [-0.25, -0.2) is 33.9 Å². The van der Waals surface area contributed by atoms with E-state index in [1.807, 2.05) is 36.4 Å². The molecule has 6 aliphatic rings. The highest BCUT2D eigenvalue weighted by Crippen LogP contribution is 2.47. The van der Waals surface area contributed by atoms with Crippen molar-refractivity contribution in [3.05, 3.63) is 190 Å². The van der Waals surface area contributed by atoms with Crippen LogP contribution in [0.15, 0.2) is 133 Å². The number of hydrogen-bond acceptors (Lipinski definition) is 26. The summed E-state index contributed by atoms with van der Waals surface area (Å²) in [4.78, 5) is 66.1. The highest BCUT2D eigenvalue weighted by molar-refractivity contribution is 14.0. The van der Waals surface area contributed by atoms with Gasteiger partial charge in [-0.3, -0.25) is 0 Å². The molecule has 0 amide bonds. The van der Waals surface area contributed by atoms with Crippen molar-refractivity contribution in [1.82, 2.24) is 20.4 Å². The molecule has 2 bridgehead atoms. The van der Waals surface area contributed by atoms with Crippen LogP contribution in [-0.2, 0) is 49.2 Å². The SMILES string of the molecule is COC(=O)c1cc(C2CCOC2)c2nc(Br)sc2c1.COC(=O)c1cc(C2CCOC2)c2nc(N)sc2c1.COC(=O)c1ccc(N)c(-c2ccoc2)c1.COC(=O)c1ccc(N)c(Br)c1.COC(=O)c1ccc(N)c(C2CCOC2)c1.Clc1cccc(Cl)c1-c1noc(C2CC2)c1CO[C@@H]1C[C@@H]2C[C@H]1CN2.I. The maximum atomic E-state index is 11.8. The van der Waals surface area contributed by atoms with E-state index >= 15 is 0 Å². The molecule has 0 spiro atoms. The summed E-state index contributed by atoms with van der Waals surface area (Å²) in [5.41, 5.74) is 36.6. The summed E-state index contributed by atoms with van der Waals surface area (Å²) in [6, 6.07) is 30.4. The number of aromatic nitrogens is 3. The summed E-state index contributed by atoms with van der Waals surface area (Å²) in [6.45, 7) is 5.87. The third-order valence-electron chi connectivity index (χ3n) is 18.9. The first kappa shape index (κ1) is 82.7. The van der Waals surface area contributed by atoms with Gasteiger partial charge in [0, 0.05) is 99.9 Å². The number of methoxy groups -OCH3 is 5. The molecule has 2 saturated carbocycles. The predicted molar refractivity (Wildman–Crippen MR) is 433 cm³/mol. The normalized spacial score (nSPS) is 18.6. The van der Waals surface area contributed by atoms with Gasteiger partial charge in [-0.15, -0.1) is 35.3 Å². The molecule has 24 nitrogen and oxygen atoms in total. The van der Waals surface area contributed by atoms with Gasteiger partial charge in [0.25, 0.3) is 0 Å². The molecule has 4 aliphatic heterocycles. The number of hydrogen-bond donors (Lipinski definition) is 5. The smallest absolute Gasteiger partial charge is 0.337 e. The summed E-state index contributed by atoms with van der Waals surface area (Å²) < 4.78 is 60.1. The number of benzene rings is 6. The Morgan fingerprint density at radius 3 is 1.58 bits per heavy atom. The van der Waals surface area contributed by atoms with Crippen LogP contribution >= 0.6 is 102 Å². The van der Waals surface area contributed by atoms with Crippen LogP contribution in [0.4, 0.5) is 22.2 Å². The number of anilines is 4. The van der Waals surface area contributed by atoms with Gasteiger partial charge in [-0.2, -0.15) is 0 Å². The molecule has 8 heterocycles. The minimum absolute atomic E-state index is 0. The number of halogens is 5. The summed E-state index contributed by atoms with van der Waals surface area (Å²) in [6.07, 6.45) is 10.9. The van der Waals surface area contributed by atoms with E-state index < -0.39 is 0 Å². The van der Waals surface area contributed by atoms with E-state index in [9.17, 15) is 24.0 Å². The molecule has 31 heteroatoms. The first-order valence-electron chi connectivity index (χ1n) is 34.3. The summed E-state index contributed by atoms with van der Waals surface area (Å²) in [7, 11) is 6.83. The number of nitrogens with two attached hydrogens (primary N) is 4. The van der Waals surface area contributed by atoms with Crippen LogP contribution in [-0.4, -0.2) is 139 Å². The molecular formula is C77H81Br2Cl2IN8O16S2. The molecule has 6 aromatic carbocycles. The maximum Gasteiger partial charge on any atom is 0.337 e. The van der Waals surface area contributed by atoms with E-state index in [4.69, 9.17) is 83.5 Å². The minimum Gasteiger partial charge on any atom is -0.472 e. The number of furan rings is 1. The predicted octanol–water partition coefficient (Wildman–Crippen LogP) is 16.6. The van der Waals surface area contributed by atoms with Crippen molar-refractivity contribution in [2.75, 3.05) is 105 Å². The van der Waals surface area contributed by atoms with Crippen molar-refractivity contribution in [3.63, 3.8) is 0 Å². The number of piperidine rings is 1. The molecule has 3 unspecified atom stereocenters. The molecule has 108 heavy (non-hydrogen) atoms. The lowest BCUT2D eigenvalue weighted by Crippen LogP contribution is -2.34. The zero-order chi connectivity index (χ0) is 76.0. The van der Waals surface area contributed by atoms with Crippen molar-refractivity contribution < 1.29 is 75.5 Å². The number of nitrogen functional groups attached to an aromatic ring is 4. The third-order valence-corrected chi connectivity index (χ3v) is 22.5. The zero-order valence-electron chi connectivity index (χ0n) is 59.5. The lowest BCUT2D eigenvalue weighted by molar-refractivity contribution is 0.00913. The monoisotopic (exact) mass is 1790 g/mol. The van der Waals surface area contributed by atoms with Gasteiger partial charge in [-0.1, -0.05) is 45.8 Å². The summed E-state index contributed by atoms with van der Waals surface area (Å²) >= 11 is 22.3. The Morgan fingerprint density at radius 2 is 1.08 bits per heavy atom. The molecule has 6 fully saturated rings. The molecule has 0 radical (unpaired) electrons.